The van der Waals surface area contributed by atoms with Crippen LogP contribution in [0, 0.1) is 11.3 Å². The number of hydrogen-bond donors (Lipinski definition) is 2. The average molecular weight is 267 g/mol. The fraction of sp³-hybridized carbons (Fsp3) is 0.143. The number of nitriles is 1. The molecule has 0 atom stereocenters. The summed E-state index contributed by atoms with van der Waals surface area (Å²) < 4.78 is 0. The van der Waals surface area contributed by atoms with Crippen LogP contribution in [0.5, 0.6) is 0 Å². The van der Waals surface area contributed by atoms with E-state index in [-0.39, 0.29) is 11.6 Å². The summed E-state index contributed by atoms with van der Waals surface area (Å²) in [5.74, 6) is 0.179. The van der Waals surface area contributed by atoms with Crippen LogP contribution in [0.2, 0.25) is 0 Å². The second kappa shape index (κ2) is 6.29. The van der Waals surface area contributed by atoms with Crippen LogP contribution >= 0.6 is 0 Å². The topological polar surface area (TPSA) is 90.7 Å². The predicted octanol–water partition coefficient (Wildman–Crippen LogP) is 2.03. The van der Waals surface area contributed by atoms with E-state index in [9.17, 15) is 4.79 Å². The number of hydrogen-bond acceptors (Lipinski definition) is 5. The molecule has 1 heterocycles. The van der Waals surface area contributed by atoms with Crippen LogP contribution in [0.4, 0.5) is 11.5 Å². The van der Waals surface area contributed by atoms with Crippen LogP contribution in [0.25, 0.3) is 0 Å². The molecule has 2 aromatic rings. The maximum atomic E-state index is 12.0. The zero-order chi connectivity index (χ0) is 14.4. The quantitative estimate of drug-likeness (QED) is 0.884. The molecule has 6 heteroatoms. The van der Waals surface area contributed by atoms with E-state index < -0.39 is 0 Å². The SMILES string of the molecule is CCNc1cncc(C(=O)Nc2cccc(C#N)c2)n1. The highest BCUT2D eigenvalue weighted by Crippen LogP contribution is 2.11. The van der Waals surface area contributed by atoms with Crippen molar-refractivity contribution in [2.75, 3.05) is 17.2 Å². The molecular formula is C14H13N5O. The number of anilines is 2. The molecule has 0 unspecified atom stereocenters. The minimum atomic E-state index is -0.368. The normalized spacial score (nSPS) is 9.60. The number of carbonyl (C=O) groups is 1. The van der Waals surface area contributed by atoms with E-state index >= 15 is 0 Å². The summed E-state index contributed by atoms with van der Waals surface area (Å²) >= 11 is 0. The van der Waals surface area contributed by atoms with Crippen LogP contribution in [-0.4, -0.2) is 22.4 Å². The lowest BCUT2D eigenvalue weighted by atomic mass is 10.2. The smallest absolute Gasteiger partial charge is 0.275 e. The first-order valence-corrected chi connectivity index (χ1v) is 6.10. The largest absolute Gasteiger partial charge is 0.369 e. The lowest BCUT2D eigenvalue weighted by molar-refractivity contribution is 0.102. The Morgan fingerprint density at radius 1 is 1.40 bits per heavy atom. The summed E-state index contributed by atoms with van der Waals surface area (Å²) in [6.07, 6.45) is 2.95. The number of amides is 1. The van der Waals surface area contributed by atoms with Crippen molar-refractivity contribution in [1.82, 2.24) is 9.97 Å². The molecule has 0 spiro atoms. The van der Waals surface area contributed by atoms with Crippen LogP contribution in [0.15, 0.2) is 36.7 Å². The number of nitrogens with one attached hydrogen (secondary N) is 2. The van der Waals surface area contributed by atoms with Gasteiger partial charge in [0.05, 0.1) is 24.0 Å². The molecule has 0 bridgehead atoms. The van der Waals surface area contributed by atoms with Gasteiger partial charge in [-0.2, -0.15) is 5.26 Å². The average Bonchev–Trinajstić information content (AvgIpc) is 2.48. The van der Waals surface area contributed by atoms with Gasteiger partial charge in [-0.15, -0.1) is 0 Å². The maximum absolute atomic E-state index is 12.0. The number of carbonyl (C=O) groups excluding carboxylic acids is 1. The van der Waals surface area contributed by atoms with E-state index in [1.807, 2.05) is 13.0 Å². The van der Waals surface area contributed by atoms with Crippen LogP contribution in [0.3, 0.4) is 0 Å². The molecule has 1 aromatic heterocycles. The third kappa shape index (κ3) is 3.29. The third-order valence-corrected chi connectivity index (χ3v) is 2.47. The summed E-state index contributed by atoms with van der Waals surface area (Å²) in [5, 5.41) is 14.5. The number of aromatic nitrogens is 2. The molecule has 0 saturated heterocycles. The van der Waals surface area contributed by atoms with Crippen LogP contribution in [0.1, 0.15) is 23.0 Å². The minimum Gasteiger partial charge on any atom is -0.369 e. The van der Waals surface area contributed by atoms with Gasteiger partial charge in [0.1, 0.15) is 11.5 Å². The molecule has 2 rings (SSSR count). The zero-order valence-corrected chi connectivity index (χ0v) is 10.9. The fourth-order valence-corrected chi connectivity index (χ4v) is 1.60. The molecule has 1 amide bonds. The Morgan fingerprint density at radius 3 is 3.00 bits per heavy atom. The predicted molar refractivity (Wildman–Crippen MR) is 75.3 cm³/mol. The molecule has 1 aromatic carbocycles. The summed E-state index contributed by atoms with van der Waals surface area (Å²) in [6.45, 7) is 2.63. The molecule has 2 N–H and O–H groups in total. The summed E-state index contributed by atoms with van der Waals surface area (Å²) in [6, 6.07) is 8.69. The van der Waals surface area contributed by atoms with Gasteiger partial charge in [-0.1, -0.05) is 6.07 Å². The van der Waals surface area contributed by atoms with Gasteiger partial charge in [0.2, 0.25) is 0 Å². The fourth-order valence-electron chi connectivity index (χ4n) is 1.60. The van der Waals surface area contributed by atoms with Gasteiger partial charge in [0.25, 0.3) is 5.91 Å². The first kappa shape index (κ1) is 13.5. The van der Waals surface area contributed by atoms with E-state index in [1.54, 1.807) is 30.5 Å². The number of nitrogens with zero attached hydrogens (tertiary/aromatic N) is 3. The third-order valence-electron chi connectivity index (χ3n) is 2.47. The van der Waals surface area contributed by atoms with Crippen molar-refractivity contribution in [3.8, 4) is 6.07 Å². The Balaban J connectivity index is 2.15. The first-order valence-electron chi connectivity index (χ1n) is 6.10. The zero-order valence-electron chi connectivity index (χ0n) is 10.9. The summed E-state index contributed by atoms with van der Waals surface area (Å²) in [5.41, 5.74) is 1.24. The molecule has 0 aliphatic rings. The van der Waals surface area contributed by atoms with E-state index in [0.29, 0.717) is 23.6 Å². The minimum absolute atomic E-state index is 0.214. The Hall–Kier alpha value is -2.94. The molecule has 100 valence electrons. The molecule has 0 aliphatic heterocycles. The van der Waals surface area contributed by atoms with Gasteiger partial charge in [0.15, 0.2) is 0 Å². The van der Waals surface area contributed by atoms with E-state index in [4.69, 9.17) is 5.26 Å². The summed E-state index contributed by atoms with van der Waals surface area (Å²) in [4.78, 5) is 20.2. The Bertz CT molecular complexity index is 663. The van der Waals surface area contributed by atoms with Gasteiger partial charge in [-0.3, -0.25) is 9.78 Å². The lowest BCUT2D eigenvalue weighted by Gasteiger charge is -2.06. The number of rotatable bonds is 4. The first-order chi connectivity index (χ1) is 9.72. The highest BCUT2D eigenvalue weighted by molar-refractivity contribution is 6.02. The molecule has 0 saturated carbocycles. The van der Waals surface area contributed by atoms with Gasteiger partial charge >= 0.3 is 0 Å². The molecule has 0 radical (unpaired) electrons. The second-order valence-electron chi connectivity index (χ2n) is 3.97. The van der Waals surface area contributed by atoms with Crippen molar-refractivity contribution in [3.63, 3.8) is 0 Å². The van der Waals surface area contributed by atoms with Crippen molar-refractivity contribution in [3.05, 3.63) is 47.9 Å². The van der Waals surface area contributed by atoms with Crippen molar-refractivity contribution in [2.45, 2.75) is 6.92 Å². The van der Waals surface area contributed by atoms with E-state index in [2.05, 4.69) is 20.6 Å². The van der Waals surface area contributed by atoms with Gasteiger partial charge in [0, 0.05) is 12.2 Å². The van der Waals surface area contributed by atoms with Crippen LogP contribution in [-0.2, 0) is 0 Å². The Labute approximate surface area is 116 Å². The molecule has 6 nitrogen and oxygen atoms in total. The van der Waals surface area contributed by atoms with Gasteiger partial charge < -0.3 is 10.6 Å². The highest BCUT2D eigenvalue weighted by Gasteiger charge is 2.09. The lowest BCUT2D eigenvalue weighted by Crippen LogP contribution is -2.15. The van der Waals surface area contributed by atoms with Crippen molar-refractivity contribution >= 4 is 17.4 Å². The van der Waals surface area contributed by atoms with Crippen molar-refractivity contribution in [1.29, 1.82) is 5.26 Å². The molecular weight excluding hydrogens is 254 g/mol. The molecule has 20 heavy (non-hydrogen) atoms. The van der Waals surface area contributed by atoms with E-state index in [0.717, 1.165) is 0 Å². The highest BCUT2D eigenvalue weighted by atomic mass is 16.1. The molecule has 0 aliphatic carbocycles. The molecule has 0 fully saturated rings. The van der Waals surface area contributed by atoms with Gasteiger partial charge in [-0.25, -0.2) is 4.98 Å². The Morgan fingerprint density at radius 2 is 2.25 bits per heavy atom. The van der Waals surface area contributed by atoms with E-state index in [1.165, 1.54) is 6.20 Å². The maximum Gasteiger partial charge on any atom is 0.275 e. The Kier molecular flexibility index (Phi) is 4.24. The summed E-state index contributed by atoms with van der Waals surface area (Å²) in [7, 11) is 0. The number of benzene rings is 1. The van der Waals surface area contributed by atoms with Gasteiger partial charge in [-0.05, 0) is 25.1 Å². The standard InChI is InChI=1S/C14H13N5O/c1-2-17-13-9-16-8-12(19-13)14(20)18-11-5-3-4-10(6-11)7-15/h3-6,8-9H,2H2,1H3,(H,17,19)(H,18,20). The van der Waals surface area contributed by atoms with Crippen LogP contribution < -0.4 is 10.6 Å². The van der Waals surface area contributed by atoms with Crippen molar-refractivity contribution in [2.24, 2.45) is 0 Å². The van der Waals surface area contributed by atoms with Crippen molar-refractivity contribution < 1.29 is 4.79 Å². The monoisotopic (exact) mass is 267 g/mol. The second-order valence-corrected chi connectivity index (χ2v) is 3.97.